The number of hydrogen-bond donors (Lipinski definition) is 2. The molecule has 29 heavy (non-hydrogen) atoms. The number of carbonyl (C=O) groups excluding carboxylic acids is 3. The van der Waals surface area contributed by atoms with Crippen LogP contribution in [0, 0.1) is 0 Å². The molecule has 0 heterocycles. The van der Waals surface area contributed by atoms with E-state index in [1.807, 2.05) is 0 Å². The maximum atomic E-state index is 12.3. The summed E-state index contributed by atoms with van der Waals surface area (Å²) in [7, 11) is 0. The molecule has 0 radical (unpaired) electrons. The molecule has 1 fully saturated rings. The average Bonchev–Trinajstić information content (AvgIpc) is 3.48. The van der Waals surface area contributed by atoms with Crippen LogP contribution in [0.3, 0.4) is 0 Å². The van der Waals surface area contributed by atoms with Crippen molar-refractivity contribution in [3.63, 3.8) is 0 Å². The zero-order valence-corrected chi connectivity index (χ0v) is 17.6. The zero-order valence-electron chi connectivity index (χ0n) is 15.2. The summed E-state index contributed by atoms with van der Waals surface area (Å²) in [4.78, 5) is 36.8. The lowest BCUT2D eigenvalue weighted by atomic mass is 10.2. The lowest BCUT2D eigenvalue weighted by Crippen LogP contribution is -2.30. The molecular weight excluding hydrogens is 435 g/mol. The van der Waals surface area contributed by atoms with E-state index < -0.39 is 5.97 Å². The lowest BCUT2D eigenvalue weighted by Gasteiger charge is -2.10. The van der Waals surface area contributed by atoms with Crippen LogP contribution in [0.5, 0.6) is 0 Å². The van der Waals surface area contributed by atoms with Gasteiger partial charge in [-0.2, -0.15) is 0 Å². The number of rotatable bonds is 8. The van der Waals surface area contributed by atoms with E-state index in [4.69, 9.17) is 27.9 Å². The third-order valence-corrected chi connectivity index (χ3v) is 5.40. The molecule has 0 unspecified atom stereocenters. The van der Waals surface area contributed by atoms with Crippen LogP contribution >= 0.6 is 35.0 Å². The maximum absolute atomic E-state index is 12.3. The van der Waals surface area contributed by atoms with Crippen LogP contribution in [0.1, 0.15) is 23.2 Å². The standard InChI is InChI=1S/C20H18Cl2N2O4S/c21-12-7-13(22)9-15(8-12)24-19(26)11-29-17-4-2-1-3-16(17)20(27)28-10-18(25)23-14-5-6-14/h1-4,7-9,14H,5-6,10-11H2,(H,23,25)(H,24,26). The van der Waals surface area contributed by atoms with Gasteiger partial charge < -0.3 is 15.4 Å². The van der Waals surface area contributed by atoms with Gasteiger partial charge in [0, 0.05) is 26.7 Å². The molecule has 9 heteroatoms. The molecule has 2 N–H and O–H groups in total. The number of benzene rings is 2. The summed E-state index contributed by atoms with van der Waals surface area (Å²) in [6.07, 6.45) is 1.92. The Hall–Kier alpha value is -2.22. The van der Waals surface area contributed by atoms with Crippen LogP contribution in [-0.4, -0.2) is 36.2 Å². The SMILES string of the molecule is O=C(CSc1ccccc1C(=O)OCC(=O)NC1CC1)Nc1cc(Cl)cc(Cl)c1. The minimum atomic E-state index is -0.610. The van der Waals surface area contributed by atoms with Gasteiger partial charge in [-0.15, -0.1) is 11.8 Å². The molecule has 2 aromatic carbocycles. The molecule has 2 aromatic rings. The van der Waals surface area contributed by atoms with E-state index in [0.717, 1.165) is 12.8 Å². The molecule has 0 atom stereocenters. The molecule has 0 aromatic heterocycles. The maximum Gasteiger partial charge on any atom is 0.339 e. The largest absolute Gasteiger partial charge is 0.452 e. The Kier molecular flexibility index (Phi) is 7.41. The van der Waals surface area contributed by atoms with E-state index in [-0.39, 0.29) is 30.2 Å². The highest BCUT2D eigenvalue weighted by Gasteiger charge is 2.24. The number of halogens is 2. The number of carbonyl (C=O) groups is 3. The fraction of sp³-hybridized carbons (Fsp3) is 0.250. The van der Waals surface area contributed by atoms with Gasteiger partial charge in [-0.1, -0.05) is 35.3 Å². The summed E-state index contributed by atoms with van der Waals surface area (Å²) in [5, 5.41) is 6.29. The second-order valence-electron chi connectivity index (χ2n) is 6.41. The molecule has 0 spiro atoms. The summed E-state index contributed by atoms with van der Waals surface area (Å²) < 4.78 is 5.09. The first-order chi connectivity index (χ1) is 13.9. The Bertz CT molecular complexity index is 914. The number of hydrogen-bond acceptors (Lipinski definition) is 5. The molecule has 1 saturated carbocycles. The Balaban J connectivity index is 1.54. The summed E-state index contributed by atoms with van der Waals surface area (Å²) in [5.41, 5.74) is 0.790. The van der Waals surface area contributed by atoms with Crippen molar-refractivity contribution in [3.8, 4) is 0 Å². The van der Waals surface area contributed by atoms with Gasteiger partial charge in [0.2, 0.25) is 5.91 Å². The Morgan fingerprint density at radius 2 is 1.72 bits per heavy atom. The average molecular weight is 453 g/mol. The Labute approximate surface area is 182 Å². The molecule has 3 rings (SSSR count). The van der Waals surface area contributed by atoms with Crippen molar-refractivity contribution >= 4 is 58.4 Å². The first kappa shape index (κ1) is 21.5. The van der Waals surface area contributed by atoms with Gasteiger partial charge in [0.15, 0.2) is 6.61 Å². The van der Waals surface area contributed by atoms with Crippen molar-refractivity contribution in [2.24, 2.45) is 0 Å². The van der Waals surface area contributed by atoms with Gasteiger partial charge >= 0.3 is 5.97 Å². The van der Waals surface area contributed by atoms with Gasteiger partial charge in [-0.3, -0.25) is 9.59 Å². The fourth-order valence-electron chi connectivity index (χ4n) is 2.43. The monoisotopic (exact) mass is 452 g/mol. The summed E-state index contributed by atoms with van der Waals surface area (Å²) in [6.45, 7) is -0.329. The molecule has 2 amide bonds. The van der Waals surface area contributed by atoms with Crippen LogP contribution in [0.2, 0.25) is 10.0 Å². The van der Waals surface area contributed by atoms with E-state index in [1.165, 1.54) is 11.8 Å². The number of nitrogens with one attached hydrogen (secondary N) is 2. The first-order valence-corrected chi connectivity index (χ1v) is 10.6. The lowest BCUT2D eigenvalue weighted by molar-refractivity contribution is -0.124. The van der Waals surface area contributed by atoms with Crippen molar-refractivity contribution in [1.29, 1.82) is 0 Å². The van der Waals surface area contributed by atoms with Gasteiger partial charge in [0.1, 0.15) is 0 Å². The zero-order chi connectivity index (χ0) is 20.8. The normalized spacial score (nSPS) is 12.9. The number of esters is 1. The van der Waals surface area contributed by atoms with E-state index in [1.54, 1.807) is 42.5 Å². The highest BCUT2D eigenvalue weighted by molar-refractivity contribution is 8.00. The quantitative estimate of drug-likeness (QED) is 0.463. The topological polar surface area (TPSA) is 84.5 Å². The van der Waals surface area contributed by atoms with Crippen molar-refractivity contribution in [3.05, 3.63) is 58.1 Å². The van der Waals surface area contributed by atoms with Gasteiger partial charge in [0.25, 0.3) is 5.91 Å². The molecular formula is C20H18Cl2N2O4S. The minimum absolute atomic E-state index is 0.0661. The predicted molar refractivity (Wildman–Crippen MR) is 114 cm³/mol. The van der Waals surface area contributed by atoms with Crippen molar-refractivity contribution < 1.29 is 19.1 Å². The summed E-state index contributed by atoms with van der Waals surface area (Å²) in [6, 6.07) is 11.7. The van der Waals surface area contributed by atoms with Crippen LogP contribution in [0.4, 0.5) is 5.69 Å². The van der Waals surface area contributed by atoms with Crippen LogP contribution < -0.4 is 10.6 Å². The number of thioether (sulfide) groups is 1. The summed E-state index contributed by atoms with van der Waals surface area (Å²) in [5.74, 6) is -1.14. The minimum Gasteiger partial charge on any atom is -0.452 e. The van der Waals surface area contributed by atoms with E-state index in [9.17, 15) is 14.4 Å². The van der Waals surface area contributed by atoms with Crippen LogP contribution in [0.25, 0.3) is 0 Å². The van der Waals surface area contributed by atoms with Crippen LogP contribution in [-0.2, 0) is 14.3 Å². The first-order valence-electron chi connectivity index (χ1n) is 8.85. The molecule has 6 nitrogen and oxygen atoms in total. The number of amides is 2. The van der Waals surface area contributed by atoms with Gasteiger partial charge in [0.05, 0.1) is 11.3 Å². The Morgan fingerprint density at radius 1 is 1.03 bits per heavy atom. The van der Waals surface area contributed by atoms with Crippen molar-refractivity contribution in [2.75, 3.05) is 17.7 Å². The molecule has 152 valence electrons. The highest BCUT2D eigenvalue weighted by atomic mass is 35.5. The van der Waals surface area contributed by atoms with Gasteiger partial charge in [-0.05, 0) is 43.2 Å². The summed E-state index contributed by atoms with van der Waals surface area (Å²) >= 11 is 13.0. The van der Waals surface area contributed by atoms with Crippen molar-refractivity contribution in [1.82, 2.24) is 5.32 Å². The number of anilines is 1. The Morgan fingerprint density at radius 3 is 2.41 bits per heavy atom. The molecule has 1 aliphatic carbocycles. The molecule has 0 aliphatic heterocycles. The van der Waals surface area contributed by atoms with E-state index in [0.29, 0.717) is 26.2 Å². The highest BCUT2D eigenvalue weighted by Crippen LogP contribution is 2.25. The predicted octanol–water partition coefficient (Wildman–Crippen LogP) is 4.16. The third kappa shape index (κ3) is 6.96. The molecule has 0 bridgehead atoms. The van der Waals surface area contributed by atoms with E-state index in [2.05, 4.69) is 10.6 Å². The smallest absolute Gasteiger partial charge is 0.339 e. The van der Waals surface area contributed by atoms with Crippen molar-refractivity contribution in [2.45, 2.75) is 23.8 Å². The fourth-order valence-corrected chi connectivity index (χ4v) is 3.80. The third-order valence-electron chi connectivity index (χ3n) is 3.89. The molecule has 0 saturated heterocycles. The molecule has 1 aliphatic rings. The van der Waals surface area contributed by atoms with E-state index >= 15 is 0 Å². The van der Waals surface area contributed by atoms with Crippen LogP contribution in [0.15, 0.2) is 47.4 Å². The van der Waals surface area contributed by atoms with Gasteiger partial charge in [-0.25, -0.2) is 4.79 Å². The second kappa shape index (κ2) is 10.0. The number of ether oxygens (including phenoxy) is 1. The second-order valence-corrected chi connectivity index (χ2v) is 8.30.